The zero-order valence-electron chi connectivity index (χ0n) is 8.40. The van der Waals surface area contributed by atoms with E-state index in [1.807, 2.05) is 0 Å². The van der Waals surface area contributed by atoms with Gasteiger partial charge in [-0.25, -0.2) is 0 Å². The zero-order chi connectivity index (χ0) is 10.5. The number of nitrogens with one attached hydrogen (secondary N) is 2. The molecule has 0 bridgehead atoms. The minimum absolute atomic E-state index is 0.0620. The second-order valence-electron chi connectivity index (χ2n) is 3.61. The molecule has 1 saturated heterocycles. The number of amides is 1. The van der Waals surface area contributed by atoms with E-state index >= 15 is 0 Å². The number of rotatable bonds is 3. The first kappa shape index (κ1) is 10.1. The number of hydrogen-bond donors (Lipinski definition) is 2. The van der Waals surface area contributed by atoms with Crippen molar-refractivity contribution in [3.8, 4) is 0 Å². The lowest BCUT2D eigenvalue weighted by atomic mass is 9.99. The van der Waals surface area contributed by atoms with E-state index in [0.29, 0.717) is 12.4 Å². The quantitative estimate of drug-likeness (QED) is 0.715. The van der Waals surface area contributed by atoms with Gasteiger partial charge in [0.05, 0.1) is 12.5 Å². The number of hydrogen-bond acceptors (Lipinski definition) is 5. The fraction of sp³-hybridized carbons (Fsp3) is 0.667. The van der Waals surface area contributed by atoms with Crippen molar-refractivity contribution in [2.75, 3.05) is 13.1 Å². The molecule has 2 heterocycles. The summed E-state index contributed by atoms with van der Waals surface area (Å²) in [7, 11) is 0. The molecule has 2 rings (SSSR count). The van der Waals surface area contributed by atoms with Gasteiger partial charge in [0.15, 0.2) is 5.82 Å². The molecule has 0 aromatic carbocycles. The molecule has 1 fully saturated rings. The molecule has 82 valence electrons. The van der Waals surface area contributed by atoms with Crippen LogP contribution in [0.25, 0.3) is 0 Å². The van der Waals surface area contributed by atoms with E-state index in [4.69, 9.17) is 0 Å². The van der Waals surface area contributed by atoms with E-state index in [1.54, 1.807) is 0 Å². The fourth-order valence-corrected chi connectivity index (χ4v) is 1.66. The van der Waals surface area contributed by atoms with E-state index in [2.05, 4.69) is 25.3 Å². The van der Waals surface area contributed by atoms with Gasteiger partial charge >= 0.3 is 0 Å². The van der Waals surface area contributed by atoms with Crippen LogP contribution >= 0.6 is 0 Å². The Balaban J connectivity index is 1.76. The number of carbonyl (C=O) groups excluding carboxylic acids is 1. The molecule has 0 spiro atoms. The van der Waals surface area contributed by atoms with Crippen molar-refractivity contribution in [1.82, 2.24) is 20.8 Å². The van der Waals surface area contributed by atoms with Gasteiger partial charge in [0, 0.05) is 6.54 Å². The average Bonchev–Trinajstić information content (AvgIpc) is 2.80. The number of aromatic nitrogens is 2. The zero-order valence-corrected chi connectivity index (χ0v) is 8.40. The third-order valence-corrected chi connectivity index (χ3v) is 2.50. The number of piperidine rings is 1. The molecule has 1 atom stereocenters. The molecule has 0 unspecified atom stereocenters. The predicted molar refractivity (Wildman–Crippen MR) is 51.7 cm³/mol. The van der Waals surface area contributed by atoms with Gasteiger partial charge in [0.25, 0.3) is 0 Å². The van der Waals surface area contributed by atoms with Crippen LogP contribution in [0.2, 0.25) is 0 Å². The molecule has 2 N–H and O–H groups in total. The Kier molecular flexibility index (Phi) is 3.29. The first-order valence-corrected chi connectivity index (χ1v) is 5.10. The molecule has 6 nitrogen and oxygen atoms in total. The highest BCUT2D eigenvalue weighted by Crippen LogP contribution is 2.09. The van der Waals surface area contributed by atoms with Crippen LogP contribution in [0.3, 0.4) is 0 Å². The minimum atomic E-state index is 0.0620. The molecule has 0 aliphatic carbocycles. The van der Waals surface area contributed by atoms with Crippen LogP contribution in [0.1, 0.15) is 18.7 Å². The molecule has 1 amide bonds. The van der Waals surface area contributed by atoms with E-state index in [1.165, 1.54) is 6.39 Å². The normalized spacial score (nSPS) is 21.2. The summed E-state index contributed by atoms with van der Waals surface area (Å²) >= 11 is 0. The van der Waals surface area contributed by atoms with Crippen molar-refractivity contribution in [2.24, 2.45) is 5.92 Å². The van der Waals surface area contributed by atoms with Gasteiger partial charge in [-0.05, 0) is 19.4 Å². The lowest BCUT2D eigenvalue weighted by Crippen LogP contribution is -2.40. The van der Waals surface area contributed by atoms with Crippen molar-refractivity contribution >= 4 is 5.91 Å². The molecule has 6 heteroatoms. The maximum absolute atomic E-state index is 11.7. The van der Waals surface area contributed by atoms with Crippen LogP contribution in [-0.4, -0.2) is 29.1 Å². The second kappa shape index (κ2) is 4.88. The lowest BCUT2D eigenvalue weighted by molar-refractivity contribution is -0.125. The predicted octanol–water partition coefficient (Wildman–Crippen LogP) is -0.315. The Morgan fingerprint density at radius 2 is 2.67 bits per heavy atom. The summed E-state index contributed by atoms with van der Waals surface area (Å²) in [5, 5.41) is 9.61. The summed E-state index contributed by atoms with van der Waals surface area (Å²) < 4.78 is 4.57. The Morgan fingerprint density at radius 1 is 1.73 bits per heavy atom. The van der Waals surface area contributed by atoms with Crippen LogP contribution in [-0.2, 0) is 11.3 Å². The van der Waals surface area contributed by atoms with Crippen LogP contribution in [0.4, 0.5) is 0 Å². The van der Waals surface area contributed by atoms with Gasteiger partial charge in [-0.2, -0.15) is 4.98 Å². The summed E-state index contributed by atoms with van der Waals surface area (Å²) in [6.45, 7) is 2.11. The Hall–Kier alpha value is -1.43. The van der Waals surface area contributed by atoms with Gasteiger partial charge in [-0.15, -0.1) is 0 Å². The SMILES string of the molecule is O=C(NCc1ncon1)[C@H]1CCCNC1. The first-order valence-electron chi connectivity index (χ1n) is 5.10. The summed E-state index contributed by atoms with van der Waals surface area (Å²) in [4.78, 5) is 15.5. The molecule has 1 aromatic heterocycles. The van der Waals surface area contributed by atoms with Gasteiger partial charge in [-0.1, -0.05) is 5.16 Å². The van der Waals surface area contributed by atoms with E-state index in [9.17, 15) is 4.79 Å². The molecule has 1 aromatic rings. The average molecular weight is 210 g/mol. The third-order valence-electron chi connectivity index (χ3n) is 2.50. The van der Waals surface area contributed by atoms with Crippen molar-refractivity contribution in [2.45, 2.75) is 19.4 Å². The highest BCUT2D eigenvalue weighted by molar-refractivity contribution is 5.78. The standard InChI is InChI=1S/C9H14N4O2/c14-9(7-2-1-3-10-4-7)11-5-8-12-6-15-13-8/h6-7,10H,1-5H2,(H,11,14)/t7-/m0/s1. The second-order valence-corrected chi connectivity index (χ2v) is 3.61. The summed E-state index contributed by atoms with van der Waals surface area (Å²) in [6.07, 6.45) is 3.26. The number of carbonyl (C=O) groups is 1. The maximum Gasteiger partial charge on any atom is 0.224 e. The molecule has 1 aliphatic rings. The van der Waals surface area contributed by atoms with Crippen molar-refractivity contribution in [3.05, 3.63) is 12.2 Å². The van der Waals surface area contributed by atoms with Crippen molar-refractivity contribution < 1.29 is 9.32 Å². The first-order chi connectivity index (χ1) is 7.36. The van der Waals surface area contributed by atoms with Gasteiger partial charge in [0.2, 0.25) is 12.3 Å². The molecule has 1 aliphatic heterocycles. The summed E-state index contributed by atoms with van der Waals surface area (Å²) in [5.41, 5.74) is 0. The van der Waals surface area contributed by atoms with Crippen LogP contribution in [0.15, 0.2) is 10.9 Å². The Morgan fingerprint density at radius 3 is 3.33 bits per heavy atom. The molecular weight excluding hydrogens is 196 g/mol. The van der Waals surface area contributed by atoms with Crippen LogP contribution in [0, 0.1) is 5.92 Å². The van der Waals surface area contributed by atoms with Crippen molar-refractivity contribution in [1.29, 1.82) is 0 Å². The monoisotopic (exact) mass is 210 g/mol. The maximum atomic E-state index is 11.7. The number of nitrogens with zero attached hydrogens (tertiary/aromatic N) is 2. The highest BCUT2D eigenvalue weighted by Gasteiger charge is 2.20. The Bertz CT molecular complexity index is 306. The molecule has 15 heavy (non-hydrogen) atoms. The Labute approximate surface area is 87.4 Å². The third kappa shape index (κ3) is 2.76. The summed E-state index contributed by atoms with van der Waals surface area (Å²) in [6, 6.07) is 0. The van der Waals surface area contributed by atoms with Crippen LogP contribution in [0.5, 0.6) is 0 Å². The van der Waals surface area contributed by atoms with Gasteiger partial charge < -0.3 is 15.2 Å². The van der Waals surface area contributed by atoms with E-state index in [0.717, 1.165) is 25.9 Å². The lowest BCUT2D eigenvalue weighted by Gasteiger charge is -2.21. The largest absolute Gasteiger partial charge is 0.348 e. The van der Waals surface area contributed by atoms with E-state index in [-0.39, 0.29) is 11.8 Å². The molecule has 0 radical (unpaired) electrons. The van der Waals surface area contributed by atoms with Gasteiger partial charge in [-0.3, -0.25) is 4.79 Å². The molecular formula is C9H14N4O2. The summed E-state index contributed by atoms with van der Waals surface area (Å²) in [5.74, 6) is 0.643. The highest BCUT2D eigenvalue weighted by atomic mass is 16.5. The smallest absolute Gasteiger partial charge is 0.224 e. The van der Waals surface area contributed by atoms with Gasteiger partial charge in [0.1, 0.15) is 0 Å². The topological polar surface area (TPSA) is 80.1 Å². The van der Waals surface area contributed by atoms with Crippen molar-refractivity contribution in [3.63, 3.8) is 0 Å². The molecule has 0 saturated carbocycles. The van der Waals surface area contributed by atoms with Crippen LogP contribution < -0.4 is 10.6 Å². The minimum Gasteiger partial charge on any atom is -0.348 e. The van der Waals surface area contributed by atoms with E-state index < -0.39 is 0 Å². The fourth-order valence-electron chi connectivity index (χ4n) is 1.66.